The van der Waals surface area contributed by atoms with Gasteiger partial charge in [-0.3, -0.25) is 4.79 Å². The van der Waals surface area contributed by atoms with Crippen LogP contribution in [0.3, 0.4) is 0 Å². The molecule has 0 radical (unpaired) electrons. The Morgan fingerprint density at radius 3 is 1.88 bits per heavy atom. The number of carboxylic acids is 1. The molecule has 0 unspecified atom stereocenters. The number of benzene rings is 2. The summed E-state index contributed by atoms with van der Waals surface area (Å²) >= 11 is 0. The van der Waals surface area contributed by atoms with E-state index in [1.807, 2.05) is 0 Å². The lowest BCUT2D eigenvalue weighted by molar-refractivity contribution is -0.320. The molecule has 0 aromatic heterocycles. The van der Waals surface area contributed by atoms with Crippen LogP contribution in [0.4, 0.5) is 22.0 Å². The first kappa shape index (κ1) is 26.8. The van der Waals surface area contributed by atoms with Gasteiger partial charge in [0.2, 0.25) is 5.82 Å². The molecule has 0 saturated carbocycles. The summed E-state index contributed by atoms with van der Waals surface area (Å²) in [6.07, 6.45) is -3.83. The van der Waals surface area contributed by atoms with Gasteiger partial charge in [-0.05, 0) is 67.3 Å². The van der Waals surface area contributed by atoms with E-state index in [4.69, 9.17) is 4.74 Å². The van der Waals surface area contributed by atoms with Crippen LogP contribution in [0.5, 0.6) is 11.5 Å². The van der Waals surface area contributed by atoms with E-state index in [0.29, 0.717) is 0 Å². The zero-order chi connectivity index (χ0) is 26.1. The lowest BCUT2D eigenvalue weighted by Gasteiger charge is -2.28. The van der Waals surface area contributed by atoms with Crippen molar-refractivity contribution in [2.24, 2.45) is 5.41 Å². The maximum absolute atomic E-state index is 15.0. The Hall–Kier alpha value is -3.43. The van der Waals surface area contributed by atoms with E-state index < -0.39 is 52.3 Å². The summed E-state index contributed by atoms with van der Waals surface area (Å²) in [5.74, 6) is -6.30. The van der Waals surface area contributed by atoms with Crippen molar-refractivity contribution in [2.45, 2.75) is 46.6 Å². The molecular formula is C24H22F5O5-. The van der Waals surface area contributed by atoms with E-state index in [1.54, 1.807) is 20.8 Å². The average Bonchev–Trinajstić information content (AvgIpc) is 2.68. The van der Waals surface area contributed by atoms with Gasteiger partial charge in [-0.2, -0.15) is 4.39 Å². The Balaban J connectivity index is 2.46. The Kier molecular flexibility index (Phi) is 7.44. The number of halogens is 5. The van der Waals surface area contributed by atoms with Crippen LogP contribution in [0.1, 0.15) is 50.5 Å². The van der Waals surface area contributed by atoms with Crippen molar-refractivity contribution in [3.05, 3.63) is 65.2 Å². The number of aliphatic carboxylic acids is 1. The minimum absolute atomic E-state index is 0.00665. The van der Waals surface area contributed by atoms with Gasteiger partial charge in [0.05, 0.1) is 5.97 Å². The SMILES string of the molecule is CC(C)(C)C(=CC(=O)c1ccc(OC(F)(F)F)cc1)c1ccc(OC(C)(C)C(=O)[O-])c(F)c1F. The molecule has 184 valence electrons. The van der Waals surface area contributed by atoms with Gasteiger partial charge in [0.1, 0.15) is 11.4 Å². The van der Waals surface area contributed by atoms with Crippen LogP contribution in [0.25, 0.3) is 5.57 Å². The van der Waals surface area contributed by atoms with Crippen molar-refractivity contribution in [1.82, 2.24) is 0 Å². The molecule has 0 aliphatic heterocycles. The van der Waals surface area contributed by atoms with Crippen molar-refractivity contribution in [3.63, 3.8) is 0 Å². The smallest absolute Gasteiger partial charge is 0.546 e. The molecule has 0 amide bonds. The maximum Gasteiger partial charge on any atom is 0.573 e. The highest BCUT2D eigenvalue weighted by atomic mass is 19.4. The molecule has 0 atom stereocenters. The zero-order valence-corrected chi connectivity index (χ0v) is 19.0. The molecule has 0 N–H and O–H groups in total. The minimum Gasteiger partial charge on any atom is -0.546 e. The van der Waals surface area contributed by atoms with E-state index in [9.17, 15) is 36.6 Å². The Bertz CT molecular complexity index is 1110. The molecule has 0 fully saturated rings. The molecule has 2 aromatic carbocycles. The van der Waals surface area contributed by atoms with E-state index in [-0.39, 0.29) is 16.7 Å². The number of alkyl halides is 3. The van der Waals surface area contributed by atoms with E-state index >= 15 is 0 Å². The van der Waals surface area contributed by atoms with Gasteiger partial charge in [-0.15, -0.1) is 13.2 Å². The van der Waals surface area contributed by atoms with Gasteiger partial charge in [0.25, 0.3) is 0 Å². The van der Waals surface area contributed by atoms with Crippen molar-refractivity contribution in [3.8, 4) is 11.5 Å². The van der Waals surface area contributed by atoms with E-state index in [1.165, 1.54) is 0 Å². The Morgan fingerprint density at radius 2 is 1.41 bits per heavy atom. The molecule has 0 bridgehead atoms. The summed E-state index contributed by atoms with van der Waals surface area (Å²) < 4.78 is 75.4. The third-order valence-corrected chi connectivity index (χ3v) is 4.65. The largest absolute Gasteiger partial charge is 0.573 e. The summed E-state index contributed by atoms with van der Waals surface area (Å²) in [6, 6.07) is 6.30. The number of carboxylic acid groups (broad SMARTS) is 1. The highest BCUT2D eigenvalue weighted by molar-refractivity contribution is 6.09. The van der Waals surface area contributed by atoms with Crippen molar-refractivity contribution in [2.75, 3.05) is 0 Å². The monoisotopic (exact) mass is 485 g/mol. The second-order valence-electron chi connectivity index (χ2n) is 8.88. The topological polar surface area (TPSA) is 75.7 Å². The van der Waals surface area contributed by atoms with Crippen LogP contribution in [0.15, 0.2) is 42.5 Å². The Morgan fingerprint density at radius 1 is 0.853 bits per heavy atom. The normalized spacial score (nSPS) is 12.9. The molecular weight excluding hydrogens is 463 g/mol. The van der Waals surface area contributed by atoms with Gasteiger partial charge in [0, 0.05) is 11.1 Å². The third-order valence-electron chi connectivity index (χ3n) is 4.65. The minimum atomic E-state index is -4.89. The van der Waals surface area contributed by atoms with Crippen molar-refractivity contribution < 1.29 is 46.1 Å². The van der Waals surface area contributed by atoms with E-state index in [2.05, 4.69) is 4.74 Å². The van der Waals surface area contributed by atoms with Gasteiger partial charge in [-0.25, -0.2) is 4.39 Å². The number of ketones is 1. The fourth-order valence-electron chi connectivity index (χ4n) is 2.87. The van der Waals surface area contributed by atoms with Crippen LogP contribution < -0.4 is 14.6 Å². The number of hydrogen-bond acceptors (Lipinski definition) is 5. The average molecular weight is 485 g/mol. The first-order chi connectivity index (χ1) is 15.4. The molecule has 2 aromatic rings. The highest BCUT2D eigenvalue weighted by Crippen LogP contribution is 2.38. The molecule has 0 saturated heterocycles. The molecule has 0 heterocycles. The molecule has 0 aliphatic rings. The van der Waals surface area contributed by atoms with E-state index in [0.717, 1.165) is 56.3 Å². The van der Waals surface area contributed by atoms with Crippen LogP contribution in [-0.4, -0.2) is 23.7 Å². The number of carbonyl (C=O) groups excluding carboxylic acids is 2. The van der Waals surface area contributed by atoms with Crippen molar-refractivity contribution in [1.29, 1.82) is 0 Å². The lowest BCUT2D eigenvalue weighted by Crippen LogP contribution is -2.48. The summed E-state index contributed by atoms with van der Waals surface area (Å²) in [7, 11) is 0. The standard InChI is InChI=1S/C24H23F5O5/c1-22(2,3)16(12-17(30)13-6-8-14(9-7-13)33-24(27,28)29)15-10-11-18(20(26)19(15)25)34-23(4,5)21(31)32/h6-12H,1-5H3,(H,31,32)/p-1. The van der Waals surface area contributed by atoms with Crippen LogP contribution in [-0.2, 0) is 4.79 Å². The molecule has 0 aliphatic carbocycles. The molecule has 10 heteroatoms. The van der Waals surface area contributed by atoms with Gasteiger partial charge in [-0.1, -0.05) is 20.8 Å². The van der Waals surface area contributed by atoms with Crippen LogP contribution in [0, 0.1) is 17.0 Å². The second-order valence-corrected chi connectivity index (χ2v) is 8.88. The first-order valence-corrected chi connectivity index (χ1v) is 9.93. The summed E-state index contributed by atoms with van der Waals surface area (Å²) in [5, 5.41) is 11.1. The van der Waals surface area contributed by atoms with Crippen molar-refractivity contribution >= 4 is 17.3 Å². The number of allylic oxidation sites excluding steroid dienone is 2. The number of hydrogen-bond donors (Lipinski definition) is 0. The molecule has 5 nitrogen and oxygen atoms in total. The summed E-state index contributed by atoms with van der Waals surface area (Å²) in [6.45, 7) is 7.16. The fraction of sp³-hybridized carbons (Fsp3) is 0.333. The van der Waals surface area contributed by atoms with Gasteiger partial charge in [0.15, 0.2) is 17.3 Å². The molecule has 34 heavy (non-hydrogen) atoms. The quantitative estimate of drug-likeness (QED) is 0.311. The van der Waals surface area contributed by atoms with Gasteiger partial charge >= 0.3 is 6.36 Å². The van der Waals surface area contributed by atoms with Crippen LogP contribution >= 0.6 is 0 Å². The maximum atomic E-state index is 15.0. The molecule has 0 spiro atoms. The third kappa shape index (κ3) is 6.55. The number of carbonyl (C=O) groups is 2. The number of ether oxygens (including phenoxy) is 2. The summed E-state index contributed by atoms with van der Waals surface area (Å²) in [4.78, 5) is 23.9. The molecule has 2 rings (SSSR count). The lowest BCUT2D eigenvalue weighted by atomic mass is 9.80. The highest BCUT2D eigenvalue weighted by Gasteiger charge is 2.31. The Labute approximate surface area is 192 Å². The fourth-order valence-corrected chi connectivity index (χ4v) is 2.87. The second kappa shape index (κ2) is 9.44. The first-order valence-electron chi connectivity index (χ1n) is 9.93. The van der Waals surface area contributed by atoms with Gasteiger partial charge < -0.3 is 19.4 Å². The number of rotatable bonds is 7. The van der Waals surface area contributed by atoms with Crippen LogP contribution in [0.2, 0.25) is 0 Å². The zero-order valence-electron chi connectivity index (χ0n) is 19.0. The predicted molar refractivity (Wildman–Crippen MR) is 111 cm³/mol. The predicted octanol–water partition coefficient (Wildman–Crippen LogP) is 5.08. The summed E-state index contributed by atoms with van der Waals surface area (Å²) in [5.41, 5.74) is -2.98.